The predicted octanol–water partition coefficient (Wildman–Crippen LogP) is 4.24. The maximum Gasteiger partial charge on any atom is 0.171 e. The first-order valence-corrected chi connectivity index (χ1v) is 9.77. The van der Waals surface area contributed by atoms with Gasteiger partial charge in [-0.3, -0.25) is 0 Å². The Hall–Kier alpha value is -2.08. The number of piperidine rings is 1. The number of para-hydroxylation sites is 2. The second-order valence-electron chi connectivity index (χ2n) is 7.24. The highest BCUT2D eigenvalue weighted by atomic mass is 35.5. The first-order chi connectivity index (χ1) is 13.2. The molecule has 1 aromatic heterocycles. The van der Waals surface area contributed by atoms with E-state index >= 15 is 0 Å². The summed E-state index contributed by atoms with van der Waals surface area (Å²) < 4.78 is 13.8. The number of ether oxygens (including phenoxy) is 2. The maximum absolute atomic E-state index is 6.56. The van der Waals surface area contributed by atoms with E-state index in [0.29, 0.717) is 18.2 Å². The molecule has 0 radical (unpaired) electrons. The summed E-state index contributed by atoms with van der Waals surface area (Å²) >= 11 is 6.56. The van der Waals surface area contributed by atoms with Gasteiger partial charge in [0, 0.05) is 44.2 Å². The van der Waals surface area contributed by atoms with Crippen LogP contribution in [0.3, 0.4) is 0 Å². The molecule has 1 spiro atoms. The zero-order valence-electron chi connectivity index (χ0n) is 15.3. The van der Waals surface area contributed by atoms with Crippen LogP contribution in [-0.2, 0) is 16.5 Å². The molecule has 2 aromatic carbocycles. The number of anilines is 1. The van der Waals surface area contributed by atoms with E-state index in [9.17, 15) is 0 Å². The predicted molar refractivity (Wildman–Crippen MR) is 107 cm³/mol. The van der Waals surface area contributed by atoms with Crippen molar-refractivity contribution in [3.05, 3.63) is 47.5 Å². The van der Waals surface area contributed by atoms with Crippen LogP contribution in [0.2, 0.25) is 5.02 Å². The van der Waals surface area contributed by atoms with Gasteiger partial charge in [0.1, 0.15) is 5.82 Å². The van der Waals surface area contributed by atoms with Gasteiger partial charge in [-0.2, -0.15) is 0 Å². The van der Waals surface area contributed by atoms with Crippen molar-refractivity contribution in [3.8, 4) is 11.4 Å². The third kappa shape index (κ3) is 2.90. The minimum Gasteiger partial charge on any atom is -0.371 e. The topological polar surface area (TPSA) is 39.5 Å². The molecule has 140 valence electrons. The van der Waals surface area contributed by atoms with Gasteiger partial charge in [-0.15, -0.1) is 0 Å². The number of fused-ring (bicyclic) bond motifs is 1. The normalized spacial score (nSPS) is 19.3. The van der Waals surface area contributed by atoms with Gasteiger partial charge in [-0.25, -0.2) is 4.98 Å². The highest BCUT2D eigenvalue weighted by Gasteiger charge is 2.39. The Morgan fingerprint density at radius 3 is 2.52 bits per heavy atom. The van der Waals surface area contributed by atoms with Gasteiger partial charge < -0.3 is 18.9 Å². The monoisotopic (exact) mass is 383 g/mol. The molecule has 3 aromatic rings. The lowest BCUT2D eigenvalue weighted by molar-refractivity contribution is -0.169. The van der Waals surface area contributed by atoms with E-state index in [1.807, 2.05) is 31.3 Å². The summed E-state index contributed by atoms with van der Waals surface area (Å²) in [5, 5.41) is 0.716. The van der Waals surface area contributed by atoms with Crippen LogP contribution in [0.4, 0.5) is 5.69 Å². The fourth-order valence-corrected chi connectivity index (χ4v) is 4.36. The Bertz CT molecular complexity index is 984. The molecule has 0 atom stereocenters. The van der Waals surface area contributed by atoms with E-state index in [1.54, 1.807) is 0 Å². The summed E-state index contributed by atoms with van der Waals surface area (Å²) in [5.41, 5.74) is 4.20. The number of hydrogen-bond acceptors (Lipinski definition) is 4. The Morgan fingerprint density at radius 1 is 1.04 bits per heavy atom. The van der Waals surface area contributed by atoms with Crippen LogP contribution in [0.5, 0.6) is 0 Å². The number of nitrogens with zero attached hydrogens (tertiary/aromatic N) is 3. The highest BCUT2D eigenvalue weighted by Crippen LogP contribution is 2.36. The molecule has 0 bridgehead atoms. The van der Waals surface area contributed by atoms with Crippen LogP contribution in [0.25, 0.3) is 22.4 Å². The lowest BCUT2D eigenvalue weighted by Gasteiger charge is -2.38. The molecular formula is C21H22ClN3O2. The first-order valence-electron chi connectivity index (χ1n) is 9.39. The van der Waals surface area contributed by atoms with Crippen molar-refractivity contribution in [3.63, 3.8) is 0 Å². The Kier molecular flexibility index (Phi) is 4.11. The van der Waals surface area contributed by atoms with Gasteiger partial charge in [0.2, 0.25) is 0 Å². The van der Waals surface area contributed by atoms with E-state index in [0.717, 1.165) is 54.0 Å². The molecule has 0 N–H and O–H groups in total. The van der Waals surface area contributed by atoms with Gasteiger partial charge in [0.15, 0.2) is 5.79 Å². The number of rotatable bonds is 2. The third-order valence-corrected chi connectivity index (χ3v) is 6.01. The number of halogens is 1. The van der Waals surface area contributed by atoms with E-state index in [-0.39, 0.29) is 5.79 Å². The number of benzene rings is 2. The van der Waals surface area contributed by atoms with E-state index in [2.05, 4.69) is 27.7 Å². The van der Waals surface area contributed by atoms with Crippen molar-refractivity contribution >= 4 is 28.3 Å². The van der Waals surface area contributed by atoms with Crippen LogP contribution in [0.1, 0.15) is 12.8 Å². The van der Waals surface area contributed by atoms with Crippen LogP contribution < -0.4 is 4.90 Å². The number of imidazole rings is 1. The summed E-state index contributed by atoms with van der Waals surface area (Å²) in [6, 6.07) is 14.4. The number of aryl methyl sites for hydroxylation is 1. The van der Waals surface area contributed by atoms with Gasteiger partial charge in [0.25, 0.3) is 0 Å². The molecule has 2 saturated heterocycles. The lowest BCUT2D eigenvalue weighted by Crippen LogP contribution is -2.45. The molecule has 0 amide bonds. The van der Waals surface area contributed by atoms with Gasteiger partial charge in [-0.05, 0) is 30.3 Å². The molecule has 3 heterocycles. The first kappa shape index (κ1) is 17.0. The average molecular weight is 384 g/mol. The summed E-state index contributed by atoms with van der Waals surface area (Å²) in [7, 11) is 2.03. The van der Waals surface area contributed by atoms with Gasteiger partial charge in [0.05, 0.1) is 29.3 Å². The van der Waals surface area contributed by atoms with Gasteiger partial charge in [-0.1, -0.05) is 23.7 Å². The molecule has 5 rings (SSSR count). The minimum absolute atomic E-state index is 0.358. The second kappa shape index (κ2) is 6.51. The van der Waals surface area contributed by atoms with E-state index in [1.165, 1.54) is 0 Å². The second-order valence-corrected chi connectivity index (χ2v) is 7.65. The molecule has 2 fully saturated rings. The molecular weight excluding hydrogens is 362 g/mol. The summed E-state index contributed by atoms with van der Waals surface area (Å²) in [4.78, 5) is 7.18. The molecule has 0 saturated carbocycles. The van der Waals surface area contributed by atoms with Crippen LogP contribution in [0, 0.1) is 0 Å². The maximum atomic E-state index is 6.56. The highest BCUT2D eigenvalue weighted by molar-refractivity contribution is 6.33. The summed E-state index contributed by atoms with van der Waals surface area (Å²) in [6.07, 6.45) is 1.77. The minimum atomic E-state index is -0.358. The van der Waals surface area contributed by atoms with E-state index < -0.39 is 0 Å². The Morgan fingerprint density at radius 2 is 1.78 bits per heavy atom. The number of hydrogen-bond donors (Lipinski definition) is 0. The molecule has 5 nitrogen and oxygen atoms in total. The SMILES string of the molecule is Cn1c(-c2cc(N3CCC4(CC3)OCCO4)ccc2Cl)nc2ccccc21. The van der Waals surface area contributed by atoms with Crippen molar-refractivity contribution in [1.29, 1.82) is 0 Å². The smallest absolute Gasteiger partial charge is 0.171 e. The zero-order chi connectivity index (χ0) is 18.4. The molecule has 27 heavy (non-hydrogen) atoms. The fraction of sp³-hybridized carbons (Fsp3) is 0.381. The van der Waals surface area contributed by atoms with Crippen LogP contribution in [0.15, 0.2) is 42.5 Å². The number of aromatic nitrogens is 2. The molecule has 6 heteroatoms. The quantitative estimate of drug-likeness (QED) is 0.663. The standard InChI is InChI=1S/C21H22ClN3O2/c1-24-19-5-3-2-4-18(19)23-20(24)16-14-15(6-7-17(16)22)25-10-8-21(9-11-25)26-12-13-27-21/h2-7,14H,8-13H2,1H3. The third-order valence-electron chi connectivity index (χ3n) is 5.68. The summed E-state index contributed by atoms with van der Waals surface area (Å²) in [5.74, 6) is 0.530. The van der Waals surface area contributed by atoms with Crippen molar-refractivity contribution in [2.24, 2.45) is 7.05 Å². The van der Waals surface area contributed by atoms with Gasteiger partial charge >= 0.3 is 0 Å². The van der Waals surface area contributed by atoms with Crippen LogP contribution >= 0.6 is 11.6 Å². The molecule has 0 aliphatic carbocycles. The van der Waals surface area contributed by atoms with Crippen molar-refractivity contribution in [2.75, 3.05) is 31.2 Å². The Balaban J connectivity index is 1.47. The largest absolute Gasteiger partial charge is 0.371 e. The van der Waals surface area contributed by atoms with Crippen LogP contribution in [-0.4, -0.2) is 41.6 Å². The molecule has 0 unspecified atom stereocenters. The lowest BCUT2D eigenvalue weighted by atomic mass is 10.0. The molecule has 2 aliphatic heterocycles. The average Bonchev–Trinajstić information content (AvgIpc) is 3.28. The van der Waals surface area contributed by atoms with E-state index in [4.69, 9.17) is 26.1 Å². The van der Waals surface area contributed by atoms with Crippen molar-refractivity contribution < 1.29 is 9.47 Å². The Labute approximate surface area is 163 Å². The molecule has 2 aliphatic rings. The van der Waals surface area contributed by atoms with Crippen molar-refractivity contribution in [2.45, 2.75) is 18.6 Å². The zero-order valence-corrected chi connectivity index (χ0v) is 16.1. The van der Waals surface area contributed by atoms with Crippen molar-refractivity contribution in [1.82, 2.24) is 9.55 Å². The fourth-order valence-electron chi connectivity index (χ4n) is 4.16. The summed E-state index contributed by atoms with van der Waals surface area (Å²) in [6.45, 7) is 3.23.